The number of fused-ring (bicyclic) bond motifs is 1. The smallest absolute Gasteiger partial charge is 0.290 e. The fraction of sp³-hybridized carbons (Fsp3) is 0.0588. The lowest BCUT2D eigenvalue weighted by atomic mass is 10.3. The molecule has 1 amide bonds. The molecule has 0 aliphatic rings. The van der Waals surface area contributed by atoms with Gasteiger partial charge in [0.25, 0.3) is 5.56 Å². The maximum atomic E-state index is 13.6. The van der Waals surface area contributed by atoms with E-state index in [1.807, 2.05) is 17.5 Å². The van der Waals surface area contributed by atoms with E-state index in [0.29, 0.717) is 16.4 Å². The van der Waals surface area contributed by atoms with Gasteiger partial charge in [0.2, 0.25) is 11.1 Å². The second-order valence-electron chi connectivity index (χ2n) is 5.46. The Morgan fingerprint density at radius 2 is 2.15 bits per heavy atom. The summed E-state index contributed by atoms with van der Waals surface area (Å²) in [6.45, 7) is 0. The van der Waals surface area contributed by atoms with Crippen LogP contribution in [0.4, 0.5) is 10.1 Å². The fourth-order valence-electron chi connectivity index (χ4n) is 2.41. The second-order valence-corrected chi connectivity index (χ2v) is 7.35. The van der Waals surface area contributed by atoms with Gasteiger partial charge >= 0.3 is 0 Å². The molecule has 0 saturated carbocycles. The second kappa shape index (κ2) is 7.33. The standard InChI is InChI=1S/C17H12FN5O2S2/c18-10-4-1-2-5-11(10)19-15(24)9-27-17-21-20-16(25)13-8-12(22-23(13)17)14-6-3-7-26-14/h1-8H,9H2,(H,19,24)(H,20,25). The molecule has 4 aromatic rings. The summed E-state index contributed by atoms with van der Waals surface area (Å²) in [6.07, 6.45) is 0. The summed E-state index contributed by atoms with van der Waals surface area (Å²) in [4.78, 5) is 25.1. The number of nitrogens with one attached hydrogen (secondary N) is 2. The minimum absolute atomic E-state index is 0.0172. The van der Waals surface area contributed by atoms with Crippen LogP contribution in [0.1, 0.15) is 0 Å². The Morgan fingerprint density at radius 1 is 1.30 bits per heavy atom. The summed E-state index contributed by atoms with van der Waals surface area (Å²) in [7, 11) is 0. The number of hydrogen-bond donors (Lipinski definition) is 2. The highest BCUT2D eigenvalue weighted by Gasteiger charge is 2.14. The molecule has 0 saturated heterocycles. The highest BCUT2D eigenvalue weighted by molar-refractivity contribution is 7.99. The predicted molar refractivity (Wildman–Crippen MR) is 103 cm³/mol. The van der Waals surface area contributed by atoms with E-state index >= 15 is 0 Å². The van der Waals surface area contributed by atoms with Gasteiger partial charge in [0.1, 0.15) is 17.0 Å². The molecule has 0 spiro atoms. The highest BCUT2D eigenvalue weighted by atomic mass is 32.2. The molecule has 3 heterocycles. The molecule has 7 nitrogen and oxygen atoms in total. The van der Waals surface area contributed by atoms with Crippen molar-refractivity contribution in [2.24, 2.45) is 0 Å². The van der Waals surface area contributed by atoms with Gasteiger partial charge in [-0.25, -0.2) is 14.0 Å². The Balaban J connectivity index is 1.55. The van der Waals surface area contributed by atoms with Crippen LogP contribution < -0.4 is 10.9 Å². The Bertz CT molecular complexity index is 1170. The first-order valence-corrected chi connectivity index (χ1v) is 9.68. The SMILES string of the molecule is O=C(CSc1n[nH]c(=O)c2cc(-c3cccs3)nn12)Nc1ccccc1F. The zero-order chi connectivity index (χ0) is 18.8. The molecule has 2 N–H and O–H groups in total. The van der Waals surface area contributed by atoms with Gasteiger partial charge in [-0.05, 0) is 29.6 Å². The van der Waals surface area contributed by atoms with Crippen molar-refractivity contribution in [1.29, 1.82) is 0 Å². The van der Waals surface area contributed by atoms with Crippen LogP contribution >= 0.6 is 23.1 Å². The van der Waals surface area contributed by atoms with Crippen molar-refractivity contribution in [3.8, 4) is 10.6 Å². The van der Waals surface area contributed by atoms with Gasteiger partial charge in [-0.3, -0.25) is 9.59 Å². The maximum absolute atomic E-state index is 13.6. The maximum Gasteiger partial charge on any atom is 0.290 e. The summed E-state index contributed by atoms with van der Waals surface area (Å²) in [5, 5.41) is 15.6. The van der Waals surface area contributed by atoms with Crippen molar-refractivity contribution in [2.45, 2.75) is 5.16 Å². The Morgan fingerprint density at radius 3 is 2.93 bits per heavy atom. The highest BCUT2D eigenvalue weighted by Crippen LogP contribution is 2.25. The molecule has 136 valence electrons. The molecule has 27 heavy (non-hydrogen) atoms. The van der Waals surface area contributed by atoms with Gasteiger partial charge < -0.3 is 5.32 Å². The average Bonchev–Trinajstić information content (AvgIpc) is 3.33. The lowest BCUT2D eigenvalue weighted by Crippen LogP contribution is -2.17. The topological polar surface area (TPSA) is 92.2 Å². The van der Waals surface area contributed by atoms with Gasteiger partial charge in [-0.2, -0.15) is 5.10 Å². The third kappa shape index (κ3) is 3.62. The Hall–Kier alpha value is -2.98. The van der Waals surface area contributed by atoms with E-state index in [2.05, 4.69) is 20.6 Å². The van der Waals surface area contributed by atoms with Crippen molar-refractivity contribution in [3.05, 3.63) is 64.0 Å². The van der Waals surface area contributed by atoms with Crippen LogP contribution in [0.15, 0.2) is 57.8 Å². The van der Waals surface area contributed by atoms with Crippen LogP contribution in [-0.2, 0) is 4.79 Å². The average molecular weight is 401 g/mol. The van der Waals surface area contributed by atoms with Gasteiger partial charge in [0.15, 0.2) is 0 Å². The number of amides is 1. The molecule has 0 bridgehead atoms. The Labute approximate surface area is 160 Å². The molecular weight excluding hydrogens is 389 g/mol. The lowest BCUT2D eigenvalue weighted by Gasteiger charge is -2.06. The molecule has 0 unspecified atom stereocenters. The molecule has 4 rings (SSSR count). The monoisotopic (exact) mass is 401 g/mol. The van der Waals surface area contributed by atoms with Crippen molar-refractivity contribution >= 4 is 40.2 Å². The Kier molecular flexibility index (Phi) is 4.73. The van der Waals surface area contributed by atoms with E-state index in [1.54, 1.807) is 18.2 Å². The predicted octanol–water partition coefficient (Wildman–Crippen LogP) is 3.02. The number of halogens is 1. The van der Waals surface area contributed by atoms with E-state index in [1.165, 1.54) is 28.0 Å². The molecule has 0 atom stereocenters. The number of H-pyrrole nitrogens is 1. The minimum Gasteiger partial charge on any atom is -0.323 e. The number of thiophene rings is 1. The fourth-order valence-corrected chi connectivity index (χ4v) is 3.79. The number of rotatable bonds is 5. The van der Waals surface area contributed by atoms with E-state index in [0.717, 1.165) is 16.6 Å². The summed E-state index contributed by atoms with van der Waals surface area (Å²) in [5.74, 6) is -0.915. The zero-order valence-electron chi connectivity index (χ0n) is 13.7. The van der Waals surface area contributed by atoms with Crippen LogP contribution in [0.5, 0.6) is 0 Å². The van der Waals surface area contributed by atoms with Crippen LogP contribution in [0.2, 0.25) is 0 Å². The van der Waals surface area contributed by atoms with Crippen molar-refractivity contribution < 1.29 is 9.18 Å². The number of benzene rings is 1. The molecule has 1 aromatic carbocycles. The van der Waals surface area contributed by atoms with Gasteiger partial charge in [0.05, 0.1) is 16.3 Å². The van der Waals surface area contributed by atoms with Crippen molar-refractivity contribution in [1.82, 2.24) is 19.8 Å². The first-order valence-electron chi connectivity index (χ1n) is 7.81. The molecule has 0 fully saturated rings. The van der Waals surface area contributed by atoms with E-state index < -0.39 is 11.7 Å². The lowest BCUT2D eigenvalue weighted by molar-refractivity contribution is -0.113. The van der Waals surface area contributed by atoms with Crippen LogP contribution in [0, 0.1) is 5.82 Å². The number of anilines is 1. The quantitative estimate of drug-likeness (QED) is 0.502. The summed E-state index contributed by atoms with van der Waals surface area (Å²) < 4.78 is 15.0. The van der Waals surface area contributed by atoms with E-state index in [9.17, 15) is 14.0 Å². The number of carbonyl (C=O) groups excluding carboxylic acids is 1. The molecule has 0 aliphatic heterocycles. The van der Waals surface area contributed by atoms with Crippen molar-refractivity contribution in [2.75, 3.05) is 11.1 Å². The number of hydrogen-bond acceptors (Lipinski definition) is 6. The minimum atomic E-state index is -0.506. The van der Waals surface area contributed by atoms with Crippen LogP contribution in [0.3, 0.4) is 0 Å². The van der Waals surface area contributed by atoms with Gasteiger partial charge in [-0.15, -0.1) is 16.4 Å². The molecular formula is C17H12FN5O2S2. The van der Waals surface area contributed by atoms with Crippen LogP contribution in [-0.4, -0.2) is 31.5 Å². The van der Waals surface area contributed by atoms with Crippen LogP contribution in [0.25, 0.3) is 16.1 Å². The normalized spacial score (nSPS) is 11.0. The first-order chi connectivity index (χ1) is 13.1. The number of para-hydroxylation sites is 1. The number of carbonyl (C=O) groups is 1. The third-order valence-electron chi connectivity index (χ3n) is 3.63. The van der Waals surface area contributed by atoms with Crippen molar-refractivity contribution in [3.63, 3.8) is 0 Å². The molecule has 0 aliphatic carbocycles. The largest absolute Gasteiger partial charge is 0.323 e. The van der Waals surface area contributed by atoms with E-state index in [-0.39, 0.29) is 17.0 Å². The number of nitrogens with zero attached hydrogens (tertiary/aromatic N) is 3. The van der Waals surface area contributed by atoms with Gasteiger partial charge in [-0.1, -0.05) is 30.0 Å². The number of aromatic amines is 1. The summed E-state index contributed by atoms with van der Waals surface area (Å²) >= 11 is 2.60. The summed E-state index contributed by atoms with van der Waals surface area (Å²) in [5.41, 5.74) is 0.735. The summed E-state index contributed by atoms with van der Waals surface area (Å²) in [6, 6.07) is 11.4. The van der Waals surface area contributed by atoms with E-state index in [4.69, 9.17) is 0 Å². The molecule has 10 heteroatoms. The third-order valence-corrected chi connectivity index (χ3v) is 5.45. The number of thioether (sulfide) groups is 1. The first kappa shape index (κ1) is 17.4. The molecule has 0 radical (unpaired) electrons. The van der Waals surface area contributed by atoms with Gasteiger partial charge in [0, 0.05) is 0 Å². The molecule has 3 aromatic heterocycles. The number of aromatic nitrogens is 4. The zero-order valence-corrected chi connectivity index (χ0v) is 15.3.